The van der Waals surface area contributed by atoms with Gasteiger partial charge in [-0.2, -0.15) is 5.01 Å². The van der Waals surface area contributed by atoms with Gasteiger partial charge in [-0.05, 0) is 29.6 Å². The zero-order valence-electron chi connectivity index (χ0n) is 17.8. The molecule has 3 amide bonds. The topological polar surface area (TPSA) is 74.8 Å². The number of allylic oxidation sites excluding steroid dienone is 2. The Kier molecular flexibility index (Phi) is 6.88. The number of ketones is 1. The number of thiophene rings is 1. The number of hydrogen-bond acceptors (Lipinski definition) is 5. The van der Waals surface area contributed by atoms with Crippen molar-refractivity contribution in [2.45, 2.75) is 14.1 Å². The van der Waals surface area contributed by atoms with E-state index in [1.54, 1.807) is 11.4 Å². The Bertz CT molecular complexity index is 1380. The third kappa shape index (κ3) is 3.52. The van der Waals surface area contributed by atoms with Gasteiger partial charge in [-0.15, -0.1) is 34.5 Å². The highest BCUT2D eigenvalue weighted by atomic mass is 35.5. The summed E-state index contributed by atoms with van der Waals surface area (Å²) in [7, 11) is 0. The summed E-state index contributed by atoms with van der Waals surface area (Å²) in [5.41, 5.74) is -0.0478. The van der Waals surface area contributed by atoms with Gasteiger partial charge in [0.15, 0.2) is 10.1 Å². The third-order valence-corrected chi connectivity index (χ3v) is 12.5. The van der Waals surface area contributed by atoms with Gasteiger partial charge in [0.1, 0.15) is 16.3 Å². The van der Waals surface area contributed by atoms with Crippen LogP contribution in [0, 0.1) is 11.8 Å². The first-order valence-corrected chi connectivity index (χ1v) is 14.1. The normalized spacial score (nSPS) is 29.8. The predicted octanol–water partition coefficient (Wildman–Crippen LogP) is 6.74. The van der Waals surface area contributed by atoms with Gasteiger partial charge in [-0.1, -0.05) is 75.7 Å². The van der Waals surface area contributed by atoms with Crippen molar-refractivity contribution in [3.8, 4) is 0 Å². The van der Waals surface area contributed by atoms with Crippen molar-refractivity contribution >= 4 is 128 Å². The number of imide groups is 1. The summed E-state index contributed by atoms with van der Waals surface area (Å²) in [6, 6.07) is 7.12. The standard InChI is InChI=1S/C22H10Cl8N2O4S/c23-9-4-3-8(6-10(9)24)17(34)31(7-11(33)12-2-1-5-37-12)32-18(35)13-14(19(32)36)21(28)16(26)15(25)20(13,27)22(21,29)30/h1-6,13-14H,7H2/t13-,14+,20-,21-/m1/s1. The molecule has 1 aromatic carbocycles. The Balaban J connectivity index is 1.61. The lowest BCUT2D eigenvalue weighted by Gasteiger charge is -2.36. The van der Waals surface area contributed by atoms with Gasteiger partial charge in [0, 0.05) is 5.56 Å². The second kappa shape index (κ2) is 9.15. The maximum Gasteiger partial charge on any atom is 0.273 e. The fraction of sp³-hybridized carbons (Fsp3) is 0.273. The first-order valence-electron chi connectivity index (χ1n) is 10.2. The van der Waals surface area contributed by atoms with Gasteiger partial charge >= 0.3 is 0 Å². The monoisotopic (exact) mass is 678 g/mol. The molecule has 1 saturated carbocycles. The molecule has 0 unspecified atom stereocenters. The molecule has 2 heterocycles. The first-order chi connectivity index (χ1) is 17.2. The van der Waals surface area contributed by atoms with Crippen LogP contribution < -0.4 is 0 Å². The van der Waals surface area contributed by atoms with Crippen LogP contribution in [0.25, 0.3) is 0 Å². The molecule has 0 spiro atoms. The van der Waals surface area contributed by atoms with Crippen LogP contribution in [0.2, 0.25) is 10.0 Å². The number of rotatable bonds is 5. The summed E-state index contributed by atoms with van der Waals surface area (Å²) >= 11 is 52.4. The minimum Gasteiger partial charge on any atom is -0.291 e. The second-order valence-corrected chi connectivity index (χ2v) is 13.5. The summed E-state index contributed by atoms with van der Waals surface area (Å²) in [4.78, 5) is 50.5. The van der Waals surface area contributed by atoms with E-state index < -0.39 is 56.0 Å². The van der Waals surface area contributed by atoms with Crippen LogP contribution in [0.4, 0.5) is 0 Å². The molecule has 1 aliphatic heterocycles. The Hall–Kier alpha value is -0.740. The Morgan fingerprint density at radius 2 is 1.46 bits per heavy atom. The van der Waals surface area contributed by atoms with Crippen molar-refractivity contribution in [2.75, 3.05) is 6.54 Å². The molecule has 2 fully saturated rings. The van der Waals surface area contributed by atoms with Gasteiger partial charge in [0.05, 0.1) is 36.8 Å². The number of benzene rings is 1. The first kappa shape index (κ1) is 27.8. The van der Waals surface area contributed by atoms with E-state index in [1.165, 1.54) is 24.3 Å². The van der Waals surface area contributed by atoms with E-state index in [4.69, 9.17) is 92.8 Å². The Morgan fingerprint density at radius 3 is 1.95 bits per heavy atom. The molecule has 2 aromatic rings. The molecule has 6 nitrogen and oxygen atoms in total. The quantitative estimate of drug-likeness (QED) is 0.199. The molecule has 3 aliphatic rings. The van der Waals surface area contributed by atoms with E-state index in [9.17, 15) is 19.2 Å². The second-order valence-electron chi connectivity index (χ2n) is 8.46. The van der Waals surface area contributed by atoms with Crippen LogP contribution in [0.15, 0.2) is 45.8 Å². The highest BCUT2D eigenvalue weighted by molar-refractivity contribution is 7.12. The van der Waals surface area contributed by atoms with E-state index in [2.05, 4.69) is 0 Å². The average Bonchev–Trinajstić information content (AvgIpc) is 3.53. The Morgan fingerprint density at radius 1 is 0.892 bits per heavy atom. The molecule has 0 N–H and O–H groups in total. The molecule has 15 heteroatoms. The molecule has 37 heavy (non-hydrogen) atoms. The molecule has 1 aromatic heterocycles. The zero-order chi connectivity index (χ0) is 27.2. The van der Waals surface area contributed by atoms with Crippen molar-refractivity contribution in [1.29, 1.82) is 0 Å². The largest absolute Gasteiger partial charge is 0.291 e. The molecule has 1 saturated heterocycles. The van der Waals surface area contributed by atoms with Crippen LogP contribution in [-0.4, -0.2) is 54.1 Å². The number of carbonyl (C=O) groups excluding carboxylic acids is 4. The van der Waals surface area contributed by atoms with E-state index in [0.717, 1.165) is 11.3 Å². The van der Waals surface area contributed by atoms with Gasteiger partial charge in [-0.25, -0.2) is 5.01 Å². The van der Waals surface area contributed by atoms with Gasteiger partial charge in [0.2, 0.25) is 0 Å². The number of Topliss-reactive ketones (excluding diaryl/α,β-unsaturated/α-hetero) is 1. The van der Waals surface area contributed by atoms with E-state index in [-0.39, 0.29) is 25.7 Å². The number of alkyl halides is 4. The van der Waals surface area contributed by atoms with E-state index in [0.29, 0.717) is 14.9 Å². The van der Waals surface area contributed by atoms with Gasteiger partial charge in [-0.3, -0.25) is 19.2 Å². The van der Waals surface area contributed by atoms with Crippen LogP contribution >= 0.6 is 104 Å². The molecule has 0 radical (unpaired) electrons. The maximum absolute atomic E-state index is 13.8. The lowest BCUT2D eigenvalue weighted by molar-refractivity contribution is -0.154. The van der Waals surface area contributed by atoms with Crippen molar-refractivity contribution in [3.05, 3.63) is 66.3 Å². The fourth-order valence-corrected chi connectivity index (χ4v) is 8.77. The SMILES string of the molecule is O=C(CN(C(=O)c1ccc(Cl)c(Cl)c1)N1C(=O)[C@@H]2[C@H](C1=O)[C@@]1(Cl)C(Cl)=C(Cl)[C@@]2(Cl)C1(Cl)Cl)c1cccs1. The molecular formula is C22H10Cl8N2O4S. The maximum atomic E-state index is 13.8. The highest BCUT2D eigenvalue weighted by Gasteiger charge is 2.88. The van der Waals surface area contributed by atoms with Gasteiger partial charge < -0.3 is 0 Å². The summed E-state index contributed by atoms with van der Waals surface area (Å²) in [6.45, 7) is -0.678. The van der Waals surface area contributed by atoms with E-state index >= 15 is 0 Å². The van der Waals surface area contributed by atoms with Crippen LogP contribution in [-0.2, 0) is 9.59 Å². The third-order valence-electron chi connectivity index (χ3n) is 6.62. The van der Waals surface area contributed by atoms with E-state index in [1.807, 2.05) is 0 Å². The molecule has 2 aliphatic carbocycles. The summed E-state index contributed by atoms with van der Waals surface area (Å²) in [5.74, 6) is -6.35. The van der Waals surface area contributed by atoms with Crippen LogP contribution in [0.5, 0.6) is 0 Å². The van der Waals surface area contributed by atoms with Gasteiger partial charge in [0.25, 0.3) is 17.7 Å². The average molecular weight is 682 g/mol. The fourth-order valence-electron chi connectivity index (χ4n) is 4.88. The number of carbonyl (C=O) groups is 4. The summed E-state index contributed by atoms with van der Waals surface area (Å²) < 4.78 is -2.14. The zero-order valence-corrected chi connectivity index (χ0v) is 24.6. The predicted molar refractivity (Wildman–Crippen MR) is 145 cm³/mol. The summed E-state index contributed by atoms with van der Waals surface area (Å²) in [6.07, 6.45) is 0. The van der Waals surface area contributed by atoms with Crippen molar-refractivity contribution < 1.29 is 19.2 Å². The number of halogens is 8. The smallest absolute Gasteiger partial charge is 0.273 e. The van der Waals surface area contributed by atoms with Crippen LogP contribution in [0.3, 0.4) is 0 Å². The number of hydrogen-bond donors (Lipinski definition) is 0. The number of hydrazine groups is 1. The Labute approximate surface area is 253 Å². The number of nitrogens with zero attached hydrogens (tertiary/aromatic N) is 2. The lowest BCUT2D eigenvalue weighted by Crippen LogP contribution is -2.56. The van der Waals surface area contributed by atoms with Crippen LogP contribution in [0.1, 0.15) is 20.0 Å². The minimum absolute atomic E-state index is 0.0438. The van der Waals surface area contributed by atoms with Crippen molar-refractivity contribution in [3.63, 3.8) is 0 Å². The lowest BCUT2D eigenvalue weighted by atomic mass is 9.84. The molecule has 4 atom stereocenters. The summed E-state index contributed by atoms with van der Waals surface area (Å²) in [5, 5.41) is 2.55. The molecule has 194 valence electrons. The highest BCUT2D eigenvalue weighted by Crippen LogP contribution is 2.77. The van der Waals surface area contributed by atoms with Crippen molar-refractivity contribution in [1.82, 2.24) is 10.0 Å². The molecule has 2 bridgehead atoms. The number of amides is 3. The number of fused-ring (bicyclic) bond motifs is 5. The molecular weight excluding hydrogens is 672 g/mol. The minimum atomic E-state index is -2.14. The van der Waals surface area contributed by atoms with Crippen molar-refractivity contribution in [2.24, 2.45) is 11.8 Å². The molecule has 5 rings (SSSR count).